The zero-order chi connectivity index (χ0) is 15.2. The van der Waals surface area contributed by atoms with E-state index in [1.807, 2.05) is 6.07 Å². The first kappa shape index (κ1) is 16.3. The maximum Gasteiger partial charge on any atom is 0.124 e. The molecule has 1 aliphatic heterocycles. The molecule has 2 rings (SSSR count). The summed E-state index contributed by atoms with van der Waals surface area (Å²) in [6.45, 7) is 9.83. The molecule has 0 fully saturated rings. The Bertz CT molecular complexity index is 433. The van der Waals surface area contributed by atoms with Crippen LogP contribution in [-0.4, -0.2) is 37.7 Å². The standard InChI is InChI=1S/C18H30N2O/c1-14(2)20(4)12-8-7-11-19-18-15(3)13-21-17-10-6-5-9-16(17)18/h5-6,9-10,14-15,18-19H,7-8,11-13H2,1-4H3. The van der Waals surface area contributed by atoms with Gasteiger partial charge in [-0.05, 0) is 52.9 Å². The summed E-state index contributed by atoms with van der Waals surface area (Å²) in [4.78, 5) is 2.41. The molecular formula is C18H30N2O. The van der Waals surface area contributed by atoms with E-state index in [1.165, 1.54) is 24.9 Å². The van der Waals surface area contributed by atoms with E-state index < -0.39 is 0 Å². The van der Waals surface area contributed by atoms with Crippen LogP contribution in [0.1, 0.15) is 45.2 Å². The Hall–Kier alpha value is -1.06. The Morgan fingerprint density at radius 3 is 2.81 bits per heavy atom. The molecule has 0 spiro atoms. The maximum atomic E-state index is 5.80. The molecule has 118 valence electrons. The Balaban J connectivity index is 1.78. The Morgan fingerprint density at radius 1 is 1.29 bits per heavy atom. The predicted octanol–water partition coefficient (Wildman–Crippen LogP) is 3.47. The number of nitrogens with one attached hydrogen (secondary N) is 1. The zero-order valence-electron chi connectivity index (χ0n) is 13.9. The molecule has 3 heteroatoms. The molecule has 1 aliphatic rings. The molecule has 21 heavy (non-hydrogen) atoms. The van der Waals surface area contributed by atoms with Crippen LogP contribution in [0, 0.1) is 5.92 Å². The van der Waals surface area contributed by atoms with Crippen LogP contribution in [-0.2, 0) is 0 Å². The molecule has 0 amide bonds. The van der Waals surface area contributed by atoms with Crippen LogP contribution in [0.25, 0.3) is 0 Å². The van der Waals surface area contributed by atoms with Gasteiger partial charge in [-0.3, -0.25) is 0 Å². The number of fused-ring (bicyclic) bond motifs is 1. The lowest BCUT2D eigenvalue weighted by Crippen LogP contribution is -2.34. The van der Waals surface area contributed by atoms with Crippen molar-refractivity contribution in [3.63, 3.8) is 0 Å². The quantitative estimate of drug-likeness (QED) is 0.778. The van der Waals surface area contributed by atoms with Crippen LogP contribution in [0.5, 0.6) is 5.75 Å². The van der Waals surface area contributed by atoms with Gasteiger partial charge in [0.05, 0.1) is 6.61 Å². The molecular weight excluding hydrogens is 260 g/mol. The van der Waals surface area contributed by atoms with Crippen molar-refractivity contribution >= 4 is 0 Å². The van der Waals surface area contributed by atoms with E-state index in [-0.39, 0.29) is 0 Å². The number of nitrogens with zero attached hydrogens (tertiary/aromatic N) is 1. The first-order chi connectivity index (χ1) is 10.1. The molecule has 1 N–H and O–H groups in total. The summed E-state index contributed by atoms with van der Waals surface area (Å²) < 4.78 is 5.80. The fourth-order valence-electron chi connectivity index (χ4n) is 2.81. The van der Waals surface area contributed by atoms with Crippen LogP contribution in [0.3, 0.4) is 0 Å². The SMILES string of the molecule is CC1COc2ccccc2C1NCCCCN(C)C(C)C. The summed E-state index contributed by atoms with van der Waals surface area (Å²) in [5.41, 5.74) is 1.32. The van der Waals surface area contributed by atoms with E-state index in [0.717, 1.165) is 18.9 Å². The van der Waals surface area contributed by atoms with E-state index in [0.29, 0.717) is 18.0 Å². The molecule has 1 aromatic rings. The monoisotopic (exact) mass is 290 g/mol. The third-order valence-electron chi connectivity index (χ3n) is 4.51. The summed E-state index contributed by atoms with van der Waals surface area (Å²) >= 11 is 0. The van der Waals surface area contributed by atoms with Crippen LogP contribution in [0.4, 0.5) is 0 Å². The number of rotatable bonds is 7. The smallest absolute Gasteiger partial charge is 0.124 e. The van der Waals surface area contributed by atoms with Gasteiger partial charge >= 0.3 is 0 Å². The van der Waals surface area contributed by atoms with Crippen molar-refractivity contribution in [3.05, 3.63) is 29.8 Å². The molecule has 3 nitrogen and oxygen atoms in total. The second-order valence-corrected chi connectivity index (χ2v) is 6.54. The number of hydrogen-bond donors (Lipinski definition) is 1. The van der Waals surface area contributed by atoms with Crippen LogP contribution >= 0.6 is 0 Å². The minimum atomic E-state index is 0.428. The van der Waals surface area contributed by atoms with Crippen molar-refractivity contribution in [1.29, 1.82) is 0 Å². The first-order valence-corrected chi connectivity index (χ1v) is 8.25. The average Bonchev–Trinajstić information content (AvgIpc) is 2.48. The molecule has 1 heterocycles. The van der Waals surface area contributed by atoms with Gasteiger partial charge in [-0.25, -0.2) is 0 Å². The minimum Gasteiger partial charge on any atom is -0.493 e. The summed E-state index contributed by atoms with van der Waals surface area (Å²) in [7, 11) is 2.20. The lowest BCUT2D eigenvalue weighted by Gasteiger charge is -2.32. The van der Waals surface area contributed by atoms with E-state index in [4.69, 9.17) is 4.74 Å². The van der Waals surface area contributed by atoms with Gasteiger partial charge in [-0.15, -0.1) is 0 Å². The molecule has 2 unspecified atom stereocenters. The van der Waals surface area contributed by atoms with Gasteiger partial charge in [0.15, 0.2) is 0 Å². The largest absolute Gasteiger partial charge is 0.493 e. The summed E-state index contributed by atoms with van der Waals surface area (Å²) in [6.07, 6.45) is 2.48. The van der Waals surface area contributed by atoms with E-state index in [1.54, 1.807) is 0 Å². The second-order valence-electron chi connectivity index (χ2n) is 6.54. The van der Waals surface area contributed by atoms with Gasteiger partial charge in [0.2, 0.25) is 0 Å². The van der Waals surface area contributed by atoms with Gasteiger partial charge in [-0.1, -0.05) is 25.1 Å². The maximum absolute atomic E-state index is 5.80. The van der Waals surface area contributed by atoms with Gasteiger partial charge in [0.1, 0.15) is 5.75 Å². The van der Waals surface area contributed by atoms with Gasteiger partial charge in [0.25, 0.3) is 0 Å². The molecule has 0 aliphatic carbocycles. The fourth-order valence-corrected chi connectivity index (χ4v) is 2.81. The van der Waals surface area contributed by atoms with Crippen molar-refractivity contribution in [1.82, 2.24) is 10.2 Å². The number of benzene rings is 1. The minimum absolute atomic E-state index is 0.428. The highest BCUT2D eigenvalue weighted by Gasteiger charge is 2.26. The van der Waals surface area contributed by atoms with Gasteiger partial charge in [0, 0.05) is 23.6 Å². The molecule has 1 aromatic carbocycles. The first-order valence-electron chi connectivity index (χ1n) is 8.25. The van der Waals surface area contributed by atoms with E-state index >= 15 is 0 Å². The average molecular weight is 290 g/mol. The van der Waals surface area contributed by atoms with Crippen molar-refractivity contribution < 1.29 is 4.74 Å². The fraction of sp³-hybridized carbons (Fsp3) is 0.667. The number of hydrogen-bond acceptors (Lipinski definition) is 3. The number of ether oxygens (including phenoxy) is 1. The number of unbranched alkanes of at least 4 members (excludes halogenated alkanes) is 1. The van der Waals surface area contributed by atoms with Crippen molar-refractivity contribution in [2.75, 3.05) is 26.7 Å². The van der Waals surface area contributed by atoms with Crippen LogP contribution in [0.2, 0.25) is 0 Å². The third-order valence-corrected chi connectivity index (χ3v) is 4.51. The second kappa shape index (κ2) is 7.81. The van der Waals surface area contributed by atoms with Crippen molar-refractivity contribution in [3.8, 4) is 5.75 Å². The molecule has 0 aromatic heterocycles. The lowest BCUT2D eigenvalue weighted by atomic mass is 9.92. The summed E-state index contributed by atoms with van der Waals surface area (Å²) in [5.74, 6) is 1.57. The summed E-state index contributed by atoms with van der Waals surface area (Å²) in [5, 5.41) is 3.73. The predicted molar refractivity (Wildman–Crippen MR) is 88.8 cm³/mol. The Labute approximate surface area is 129 Å². The molecule has 0 bridgehead atoms. The summed E-state index contributed by atoms with van der Waals surface area (Å²) in [6, 6.07) is 9.49. The Morgan fingerprint density at radius 2 is 2.05 bits per heavy atom. The highest BCUT2D eigenvalue weighted by atomic mass is 16.5. The molecule has 0 saturated carbocycles. The van der Waals surface area contributed by atoms with Crippen LogP contribution in [0.15, 0.2) is 24.3 Å². The molecule has 0 saturated heterocycles. The molecule has 0 radical (unpaired) electrons. The Kier molecular flexibility index (Phi) is 6.07. The highest BCUT2D eigenvalue weighted by molar-refractivity contribution is 5.37. The van der Waals surface area contributed by atoms with E-state index in [9.17, 15) is 0 Å². The normalized spacial score (nSPS) is 21.4. The van der Waals surface area contributed by atoms with Crippen molar-refractivity contribution in [2.45, 2.75) is 45.7 Å². The lowest BCUT2D eigenvalue weighted by molar-refractivity contribution is 0.187. The topological polar surface area (TPSA) is 24.5 Å². The van der Waals surface area contributed by atoms with E-state index in [2.05, 4.69) is 56.2 Å². The van der Waals surface area contributed by atoms with Gasteiger partial charge < -0.3 is 15.0 Å². The third kappa shape index (κ3) is 4.45. The van der Waals surface area contributed by atoms with Crippen LogP contribution < -0.4 is 10.1 Å². The zero-order valence-corrected chi connectivity index (χ0v) is 13.9. The van der Waals surface area contributed by atoms with Crippen molar-refractivity contribution in [2.24, 2.45) is 5.92 Å². The number of para-hydroxylation sites is 1. The molecule has 2 atom stereocenters. The highest BCUT2D eigenvalue weighted by Crippen LogP contribution is 2.34. The van der Waals surface area contributed by atoms with Gasteiger partial charge in [-0.2, -0.15) is 0 Å².